The van der Waals surface area contributed by atoms with E-state index in [9.17, 15) is 15.0 Å². The molecule has 6 heteroatoms. The molecular formula is C21H21NO5. The summed E-state index contributed by atoms with van der Waals surface area (Å²) in [4.78, 5) is 14.9. The lowest BCUT2D eigenvalue weighted by Crippen LogP contribution is -2.06. The molecule has 6 nitrogen and oxygen atoms in total. The van der Waals surface area contributed by atoms with E-state index in [1.165, 1.54) is 19.2 Å². The van der Waals surface area contributed by atoms with Gasteiger partial charge in [-0.1, -0.05) is 13.0 Å². The molecule has 0 saturated heterocycles. The van der Waals surface area contributed by atoms with Crippen molar-refractivity contribution < 1.29 is 19.7 Å². The van der Waals surface area contributed by atoms with E-state index in [-0.39, 0.29) is 17.1 Å². The van der Waals surface area contributed by atoms with Gasteiger partial charge in [-0.3, -0.25) is 4.79 Å². The average Bonchev–Trinajstić information content (AvgIpc) is 2.67. The summed E-state index contributed by atoms with van der Waals surface area (Å²) in [7, 11) is 1.46. The van der Waals surface area contributed by atoms with Crippen molar-refractivity contribution in [3.05, 3.63) is 58.9 Å². The third kappa shape index (κ3) is 4.06. The number of ether oxygens (including phenoxy) is 2. The molecule has 0 spiro atoms. The van der Waals surface area contributed by atoms with Gasteiger partial charge in [-0.15, -0.1) is 0 Å². The van der Waals surface area contributed by atoms with Gasteiger partial charge in [-0.2, -0.15) is 0 Å². The second-order valence-electron chi connectivity index (χ2n) is 6.06. The van der Waals surface area contributed by atoms with Crippen LogP contribution in [0.4, 0.5) is 0 Å². The van der Waals surface area contributed by atoms with Gasteiger partial charge in [-0.25, -0.2) is 0 Å². The van der Waals surface area contributed by atoms with Gasteiger partial charge in [0.2, 0.25) is 5.56 Å². The monoisotopic (exact) mass is 367 g/mol. The lowest BCUT2D eigenvalue weighted by atomic mass is 10.0. The molecule has 0 bridgehead atoms. The van der Waals surface area contributed by atoms with Crippen molar-refractivity contribution >= 4 is 0 Å². The molecule has 0 fully saturated rings. The molecule has 0 aliphatic heterocycles. The number of phenolic OH excluding ortho intramolecular Hbond substituents is 2. The number of methoxy groups -OCH3 is 1. The standard InChI is InChI=1S/C21H21NO5/c1-3-8-27-19-7-5-13(10-18(19)24)15-9-16(22-21(25)12-15)14-4-6-17(23)20(11-14)26-2/h4-7,9-12,23-24H,3,8H2,1-2H3,(H,22,25). The van der Waals surface area contributed by atoms with E-state index in [2.05, 4.69) is 4.98 Å². The molecule has 2 aromatic carbocycles. The van der Waals surface area contributed by atoms with E-state index < -0.39 is 0 Å². The molecule has 140 valence electrons. The van der Waals surface area contributed by atoms with Crippen molar-refractivity contribution in [1.29, 1.82) is 0 Å². The Morgan fingerprint density at radius 3 is 2.37 bits per heavy atom. The number of pyridine rings is 1. The van der Waals surface area contributed by atoms with Crippen LogP contribution in [0, 0.1) is 0 Å². The fourth-order valence-corrected chi connectivity index (χ4v) is 2.74. The summed E-state index contributed by atoms with van der Waals surface area (Å²) in [5.41, 5.74) is 2.32. The van der Waals surface area contributed by atoms with Crippen molar-refractivity contribution in [2.24, 2.45) is 0 Å². The van der Waals surface area contributed by atoms with Crippen LogP contribution in [0.25, 0.3) is 22.4 Å². The smallest absolute Gasteiger partial charge is 0.249 e. The first-order chi connectivity index (χ1) is 13.0. The summed E-state index contributed by atoms with van der Waals surface area (Å²) in [6, 6.07) is 13.1. The van der Waals surface area contributed by atoms with Gasteiger partial charge in [0.05, 0.1) is 13.7 Å². The molecule has 0 unspecified atom stereocenters. The van der Waals surface area contributed by atoms with Gasteiger partial charge < -0.3 is 24.7 Å². The van der Waals surface area contributed by atoms with Crippen molar-refractivity contribution in [1.82, 2.24) is 4.98 Å². The van der Waals surface area contributed by atoms with E-state index in [1.54, 1.807) is 36.4 Å². The summed E-state index contributed by atoms with van der Waals surface area (Å²) in [5.74, 6) is 0.768. The Labute approximate surface area is 156 Å². The zero-order chi connectivity index (χ0) is 19.4. The van der Waals surface area contributed by atoms with E-state index in [0.29, 0.717) is 40.5 Å². The zero-order valence-corrected chi connectivity index (χ0v) is 15.2. The molecule has 3 rings (SSSR count). The minimum Gasteiger partial charge on any atom is -0.504 e. The molecule has 0 atom stereocenters. The first kappa shape index (κ1) is 18.4. The Hall–Kier alpha value is -3.41. The van der Waals surface area contributed by atoms with Gasteiger partial charge >= 0.3 is 0 Å². The molecular weight excluding hydrogens is 346 g/mol. The maximum absolute atomic E-state index is 12.1. The predicted octanol–water partition coefficient (Wildman–Crippen LogP) is 3.92. The van der Waals surface area contributed by atoms with Crippen LogP contribution in [0.1, 0.15) is 13.3 Å². The molecule has 1 heterocycles. The highest BCUT2D eigenvalue weighted by Gasteiger charge is 2.10. The fourth-order valence-electron chi connectivity index (χ4n) is 2.74. The summed E-state index contributed by atoms with van der Waals surface area (Å²) >= 11 is 0. The van der Waals surface area contributed by atoms with Gasteiger partial charge in [-0.05, 0) is 53.9 Å². The average molecular weight is 367 g/mol. The number of phenols is 2. The molecule has 27 heavy (non-hydrogen) atoms. The molecule has 0 amide bonds. The van der Waals surface area contributed by atoms with Crippen molar-refractivity contribution in [2.75, 3.05) is 13.7 Å². The molecule has 3 N–H and O–H groups in total. The maximum atomic E-state index is 12.1. The van der Waals surface area contributed by atoms with Gasteiger partial charge in [0.25, 0.3) is 0 Å². The Kier molecular flexibility index (Phi) is 5.35. The summed E-state index contributed by atoms with van der Waals surface area (Å²) in [6.45, 7) is 2.51. The highest BCUT2D eigenvalue weighted by atomic mass is 16.5. The Morgan fingerprint density at radius 1 is 0.889 bits per heavy atom. The number of rotatable bonds is 6. The van der Waals surface area contributed by atoms with Crippen LogP contribution < -0.4 is 15.0 Å². The molecule has 0 aliphatic carbocycles. The van der Waals surface area contributed by atoms with Crippen LogP contribution in [-0.2, 0) is 0 Å². The van der Waals surface area contributed by atoms with E-state index >= 15 is 0 Å². The van der Waals surface area contributed by atoms with E-state index in [1.807, 2.05) is 6.92 Å². The summed E-state index contributed by atoms with van der Waals surface area (Å²) < 4.78 is 10.6. The normalized spacial score (nSPS) is 10.6. The predicted molar refractivity (Wildman–Crippen MR) is 104 cm³/mol. The third-order valence-corrected chi connectivity index (χ3v) is 4.09. The largest absolute Gasteiger partial charge is 0.504 e. The minimum atomic E-state index is -0.277. The second-order valence-corrected chi connectivity index (χ2v) is 6.06. The quantitative estimate of drug-likeness (QED) is 0.614. The zero-order valence-electron chi connectivity index (χ0n) is 15.2. The van der Waals surface area contributed by atoms with Crippen molar-refractivity contribution in [2.45, 2.75) is 13.3 Å². The number of hydrogen-bond donors (Lipinski definition) is 3. The Bertz CT molecular complexity index is 1010. The summed E-state index contributed by atoms with van der Waals surface area (Å²) in [6.07, 6.45) is 0.842. The van der Waals surface area contributed by atoms with Crippen LogP contribution in [0.5, 0.6) is 23.0 Å². The molecule has 0 aliphatic rings. The number of hydrogen-bond acceptors (Lipinski definition) is 5. The van der Waals surface area contributed by atoms with Crippen molar-refractivity contribution in [3.63, 3.8) is 0 Å². The topological polar surface area (TPSA) is 91.8 Å². The summed E-state index contributed by atoms with van der Waals surface area (Å²) in [5, 5.41) is 19.9. The Morgan fingerprint density at radius 2 is 1.67 bits per heavy atom. The SMILES string of the molecule is CCCOc1ccc(-c2cc(-c3ccc(O)c(OC)c3)[nH]c(=O)c2)cc1O. The van der Waals surface area contributed by atoms with Crippen LogP contribution >= 0.6 is 0 Å². The van der Waals surface area contributed by atoms with Crippen LogP contribution in [0.2, 0.25) is 0 Å². The first-order valence-electron chi connectivity index (χ1n) is 8.59. The number of aromatic amines is 1. The lowest BCUT2D eigenvalue weighted by Gasteiger charge is -2.11. The maximum Gasteiger partial charge on any atom is 0.249 e. The van der Waals surface area contributed by atoms with Crippen LogP contribution in [0.15, 0.2) is 53.3 Å². The second kappa shape index (κ2) is 7.86. The number of aromatic hydroxyl groups is 2. The van der Waals surface area contributed by atoms with E-state index in [4.69, 9.17) is 9.47 Å². The van der Waals surface area contributed by atoms with E-state index in [0.717, 1.165) is 6.42 Å². The minimum absolute atomic E-state index is 0.0207. The fraction of sp³-hybridized carbons (Fsp3) is 0.190. The van der Waals surface area contributed by atoms with Gasteiger partial charge in [0.1, 0.15) is 0 Å². The molecule has 1 aromatic heterocycles. The van der Waals surface area contributed by atoms with Crippen molar-refractivity contribution in [3.8, 4) is 45.4 Å². The Balaban J connectivity index is 2.01. The highest BCUT2D eigenvalue weighted by molar-refractivity contribution is 5.73. The number of H-pyrrole nitrogens is 1. The number of aromatic nitrogens is 1. The van der Waals surface area contributed by atoms with Crippen LogP contribution in [0.3, 0.4) is 0 Å². The highest BCUT2D eigenvalue weighted by Crippen LogP contribution is 2.34. The molecule has 0 saturated carbocycles. The van der Waals surface area contributed by atoms with Gasteiger partial charge in [0, 0.05) is 17.3 Å². The lowest BCUT2D eigenvalue weighted by molar-refractivity contribution is 0.299. The number of benzene rings is 2. The first-order valence-corrected chi connectivity index (χ1v) is 8.59. The molecule has 0 radical (unpaired) electrons. The number of nitrogens with one attached hydrogen (secondary N) is 1. The van der Waals surface area contributed by atoms with Crippen LogP contribution in [-0.4, -0.2) is 28.9 Å². The molecule has 3 aromatic rings. The third-order valence-electron chi connectivity index (χ3n) is 4.09. The van der Waals surface area contributed by atoms with Gasteiger partial charge in [0.15, 0.2) is 23.0 Å².